The molecule has 3 nitrogen and oxygen atoms in total. The molecule has 2 heterocycles. The first-order valence-corrected chi connectivity index (χ1v) is 8.03. The fraction of sp³-hybridized carbons (Fsp3) is 1.00. The Morgan fingerprint density at radius 3 is 2.22 bits per heavy atom. The minimum atomic E-state index is 0.654. The van der Waals surface area contributed by atoms with Crippen molar-refractivity contribution in [2.24, 2.45) is 0 Å². The van der Waals surface area contributed by atoms with Gasteiger partial charge in [0.05, 0.1) is 0 Å². The predicted octanol–water partition coefficient (Wildman–Crippen LogP) is 1.94. The Morgan fingerprint density at radius 1 is 0.889 bits per heavy atom. The molecule has 106 valence electrons. The second kappa shape index (κ2) is 8.13. The normalized spacial score (nSPS) is 24.5. The van der Waals surface area contributed by atoms with Gasteiger partial charge in [0, 0.05) is 12.6 Å². The van der Waals surface area contributed by atoms with E-state index < -0.39 is 0 Å². The highest BCUT2D eigenvalue weighted by molar-refractivity contribution is 4.72. The van der Waals surface area contributed by atoms with Gasteiger partial charge in [-0.2, -0.15) is 0 Å². The van der Waals surface area contributed by atoms with Crippen molar-refractivity contribution in [2.45, 2.75) is 51.5 Å². The average molecular weight is 253 g/mol. The van der Waals surface area contributed by atoms with Crippen LogP contribution >= 0.6 is 0 Å². The van der Waals surface area contributed by atoms with E-state index in [9.17, 15) is 0 Å². The van der Waals surface area contributed by atoms with Crippen molar-refractivity contribution < 1.29 is 0 Å². The van der Waals surface area contributed by atoms with Crippen LogP contribution in [0.3, 0.4) is 0 Å². The summed E-state index contributed by atoms with van der Waals surface area (Å²) in [4.78, 5) is 5.23. The van der Waals surface area contributed by atoms with Crippen LogP contribution in [-0.4, -0.2) is 61.7 Å². The van der Waals surface area contributed by atoms with Gasteiger partial charge in [-0.05, 0) is 78.3 Å². The van der Waals surface area contributed by atoms with E-state index in [0.29, 0.717) is 6.04 Å². The Kier molecular flexibility index (Phi) is 6.46. The van der Waals surface area contributed by atoms with Crippen LogP contribution in [0.2, 0.25) is 0 Å². The Morgan fingerprint density at radius 2 is 1.50 bits per heavy atom. The number of piperidine rings is 1. The fourth-order valence-corrected chi connectivity index (χ4v) is 3.25. The van der Waals surface area contributed by atoms with Crippen molar-refractivity contribution in [3.8, 4) is 0 Å². The summed E-state index contributed by atoms with van der Waals surface area (Å²) in [7, 11) is 0. The molecule has 0 radical (unpaired) electrons. The lowest BCUT2D eigenvalue weighted by Crippen LogP contribution is -2.42. The largest absolute Gasteiger partial charge is 0.313 e. The van der Waals surface area contributed by atoms with E-state index in [0.717, 1.165) is 0 Å². The first kappa shape index (κ1) is 14.3. The molecule has 0 aromatic carbocycles. The van der Waals surface area contributed by atoms with Gasteiger partial charge in [-0.25, -0.2) is 0 Å². The second-order valence-corrected chi connectivity index (χ2v) is 6.12. The van der Waals surface area contributed by atoms with Crippen LogP contribution in [-0.2, 0) is 0 Å². The lowest BCUT2D eigenvalue weighted by Gasteiger charge is -2.29. The topological polar surface area (TPSA) is 18.5 Å². The van der Waals surface area contributed by atoms with Gasteiger partial charge in [0.25, 0.3) is 0 Å². The molecule has 1 atom stereocenters. The van der Waals surface area contributed by atoms with Crippen LogP contribution in [0.4, 0.5) is 0 Å². The van der Waals surface area contributed by atoms with Crippen molar-refractivity contribution in [3.63, 3.8) is 0 Å². The maximum Gasteiger partial charge on any atom is 0.0166 e. The standard InChI is InChI=1S/C15H31N3/c1-15(14-18-11-3-2-4-12-18)16-8-7-13-17-9-5-6-10-17/h15-16H,2-14H2,1H3. The van der Waals surface area contributed by atoms with E-state index >= 15 is 0 Å². The van der Waals surface area contributed by atoms with Crippen molar-refractivity contribution in [3.05, 3.63) is 0 Å². The second-order valence-electron chi connectivity index (χ2n) is 6.12. The number of likely N-dealkylation sites (tertiary alicyclic amines) is 2. The van der Waals surface area contributed by atoms with Crippen LogP contribution in [0.1, 0.15) is 45.4 Å². The molecule has 2 rings (SSSR count). The first-order valence-electron chi connectivity index (χ1n) is 8.03. The summed E-state index contributed by atoms with van der Waals surface area (Å²) in [5.41, 5.74) is 0. The van der Waals surface area contributed by atoms with Gasteiger partial charge >= 0.3 is 0 Å². The Hall–Kier alpha value is -0.120. The van der Waals surface area contributed by atoms with Gasteiger partial charge in [-0.15, -0.1) is 0 Å². The van der Waals surface area contributed by atoms with E-state index in [-0.39, 0.29) is 0 Å². The molecule has 0 bridgehead atoms. The summed E-state index contributed by atoms with van der Waals surface area (Å²) in [5.74, 6) is 0. The summed E-state index contributed by atoms with van der Waals surface area (Å²) in [5, 5.41) is 3.69. The number of hydrogen-bond donors (Lipinski definition) is 1. The molecular formula is C15H31N3. The van der Waals surface area contributed by atoms with Crippen molar-refractivity contribution in [1.29, 1.82) is 0 Å². The average Bonchev–Trinajstić information content (AvgIpc) is 2.89. The molecule has 0 aromatic heterocycles. The molecule has 2 fully saturated rings. The summed E-state index contributed by atoms with van der Waals surface area (Å²) in [6.45, 7) is 11.4. The Balaban J connectivity index is 1.47. The summed E-state index contributed by atoms with van der Waals surface area (Å²) >= 11 is 0. The third-order valence-electron chi connectivity index (χ3n) is 4.32. The van der Waals surface area contributed by atoms with Crippen LogP contribution < -0.4 is 5.32 Å². The van der Waals surface area contributed by atoms with Crippen molar-refractivity contribution in [2.75, 3.05) is 45.8 Å². The zero-order chi connectivity index (χ0) is 12.6. The highest BCUT2D eigenvalue weighted by Crippen LogP contribution is 2.09. The maximum atomic E-state index is 3.69. The molecule has 3 heteroatoms. The van der Waals surface area contributed by atoms with Gasteiger partial charge in [0.2, 0.25) is 0 Å². The SMILES string of the molecule is CC(CN1CCCCC1)NCCCN1CCCC1. The predicted molar refractivity (Wildman–Crippen MR) is 78.0 cm³/mol. The molecular weight excluding hydrogens is 222 g/mol. The molecule has 0 aliphatic carbocycles. The van der Waals surface area contributed by atoms with Gasteiger partial charge in [-0.3, -0.25) is 0 Å². The molecule has 2 aliphatic heterocycles. The van der Waals surface area contributed by atoms with E-state index in [2.05, 4.69) is 22.0 Å². The molecule has 1 N–H and O–H groups in total. The monoisotopic (exact) mass is 253 g/mol. The quantitative estimate of drug-likeness (QED) is 0.700. The zero-order valence-electron chi connectivity index (χ0n) is 12.2. The Bertz CT molecular complexity index is 208. The fourth-order valence-electron chi connectivity index (χ4n) is 3.25. The van der Waals surface area contributed by atoms with E-state index in [1.54, 1.807) is 0 Å². The molecule has 2 aliphatic rings. The van der Waals surface area contributed by atoms with Crippen LogP contribution in [0, 0.1) is 0 Å². The number of nitrogens with zero attached hydrogens (tertiary/aromatic N) is 2. The van der Waals surface area contributed by atoms with Gasteiger partial charge in [0.15, 0.2) is 0 Å². The molecule has 0 aromatic rings. The van der Waals surface area contributed by atoms with Crippen LogP contribution in [0.25, 0.3) is 0 Å². The molecule has 2 saturated heterocycles. The van der Waals surface area contributed by atoms with Gasteiger partial charge in [-0.1, -0.05) is 6.42 Å². The van der Waals surface area contributed by atoms with E-state index in [1.165, 1.54) is 84.3 Å². The third-order valence-corrected chi connectivity index (χ3v) is 4.32. The van der Waals surface area contributed by atoms with Crippen molar-refractivity contribution in [1.82, 2.24) is 15.1 Å². The van der Waals surface area contributed by atoms with Gasteiger partial charge in [0.1, 0.15) is 0 Å². The summed E-state index contributed by atoms with van der Waals surface area (Å²) in [6.07, 6.45) is 8.39. The van der Waals surface area contributed by atoms with E-state index in [1.807, 2.05) is 0 Å². The lowest BCUT2D eigenvalue weighted by atomic mass is 10.1. The number of hydrogen-bond acceptors (Lipinski definition) is 3. The Labute approximate surface area is 113 Å². The summed E-state index contributed by atoms with van der Waals surface area (Å²) in [6, 6.07) is 0.654. The zero-order valence-corrected chi connectivity index (χ0v) is 12.2. The number of rotatable bonds is 7. The minimum Gasteiger partial charge on any atom is -0.313 e. The van der Waals surface area contributed by atoms with E-state index in [4.69, 9.17) is 0 Å². The molecule has 0 spiro atoms. The third kappa shape index (κ3) is 5.25. The molecule has 0 amide bonds. The molecule has 1 unspecified atom stereocenters. The highest BCUT2D eigenvalue weighted by Gasteiger charge is 2.13. The highest BCUT2D eigenvalue weighted by atomic mass is 15.2. The van der Waals surface area contributed by atoms with Gasteiger partial charge < -0.3 is 15.1 Å². The maximum absolute atomic E-state index is 3.69. The van der Waals surface area contributed by atoms with Crippen LogP contribution in [0.5, 0.6) is 0 Å². The molecule has 0 saturated carbocycles. The first-order chi connectivity index (χ1) is 8.84. The minimum absolute atomic E-state index is 0.654. The smallest absolute Gasteiger partial charge is 0.0166 e. The van der Waals surface area contributed by atoms with Crippen molar-refractivity contribution >= 4 is 0 Å². The lowest BCUT2D eigenvalue weighted by molar-refractivity contribution is 0.208. The number of nitrogens with one attached hydrogen (secondary N) is 1. The summed E-state index contributed by atoms with van der Waals surface area (Å²) < 4.78 is 0. The molecule has 18 heavy (non-hydrogen) atoms. The van der Waals surface area contributed by atoms with Crippen LogP contribution in [0.15, 0.2) is 0 Å².